The van der Waals surface area contributed by atoms with Gasteiger partial charge in [0, 0.05) is 0 Å². The van der Waals surface area contributed by atoms with Crippen molar-refractivity contribution in [3.05, 3.63) is 91.0 Å². The molecule has 0 saturated heterocycles. The van der Waals surface area contributed by atoms with Crippen LogP contribution in [0.2, 0.25) is 0 Å². The first-order valence-corrected chi connectivity index (χ1v) is 6.86. The van der Waals surface area contributed by atoms with Crippen LogP contribution < -0.4 is 24.8 Å². The van der Waals surface area contributed by atoms with E-state index in [4.69, 9.17) is 0 Å². The monoisotopic (exact) mass is 374 g/mol. The van der Waals surface area contributed by atoms with Crippen LogP contribution in [0.3, 0.4) is 0 Å². The molecule has 0 spiro atoms. The zero-order valence-electron chi connectivity index (χ0n) is 12.5. The van der Waals surface area contributed by atoms with Crippen LogP contribution in [0.25, 0.3) is 21.9 Å². The first-order chi connectivity index (χ1) is 9.93. The fraction of sp³-hybridized carbons (Fsp3) is 0.0500. The standard InChI is InChI=1S/C15H11.C5H5.2ClH.Ti/c1-2-6-12(7-3-1)15-10-13-8-4-5-9-14(13)11-15;1-2-4-5-3-1;;;/h1-11H;1-3H,4H2;2*1H;/q2*-1;;;+4/p-2. The summed E-state index contributed by atoms with van der Waals surface area (Å²) in [6.07, 6.45) is 10.0. The van der Waals surface area contributed by atoms with Crippen molar-refractivity contribution in [1.82, 2.24) is 0 Å². The van der Waals surface area contributed by atoms with E-state index in [1.54, 1.807) is 0 Å². The summed E-state index contributed by atoms with van der Waals surface area (Å²) < 4.78 is 0. The van der Waals surface area contributed by atoms with Crippen molar-refractivity contribution < 1.29 is 46.5 Å². The molecular formula is C20H16Cl2Ti. The first-order valence-electron chi connectivity index (χ1n) is 6.86. The molecule has 0 amide bonds. The molecule has 0 heterocycles. The van der Waals surface area contributed by atoms with Crippen molar-refractivity contribution in [1.29, 1.82) is 0 Å². The largest absolute Gasteiger partial charge is 4.00 e. The molecule has 1 aliphatic carbocycles. The number of rotatable bonds is 1. The Labute approximate surface area is 165 Å². The van der Waals surface area contributed by atoms with E-state index in [0.717, 1.165) is 6.42 Å². The van der Waals surface area contributed by atoms with Gasteiger partial charge in [-0.15, -0.1) is 41.0 Å². The molecule has 0 fully saturated rings. The predicted octanol–water partition coefficient (Wildman–Crippen LogP) is -0.463. The average molecular weight is 375 g/mol. The van der Waals surface area contributed by atoms with Crippen LogP contribution in [-0.2, 0) is 21.7 Å². The van der Waals surface area contributed by atoms with Crippen molar-refractivity contribution in [2.24, 2.45) is 0 Å². The van der Waals surface area contributed by atoms with E-state index in [9.17, 15) is 0 Å². The van der Waals surface area contributed by atoms with Crippen molar-refractivity contribution in [2.45, 2.75) is 6.42 Å². The van der Waals surface area contributed by atoms with Crippen LogP contribution in [0.15, 0.2) is 85.0 Å². The van der Waals surface area contributed by atoms with Gasteiger partial charge < -0.3 is 24.8 Å². The van der Waals surface area contributed by atoms with E-state index in [2.05, 4.69) is 72.8 Å². The maximum absolute atomic E-state index is 2.99. The van der Waals surface area contributed by atoms with Gasteiger partial charge in [-0.1, -0.05) is 54.1 Å². The predicted molar refractivity (Wildman–Crippen MR) is 86.5 cm³/mol. The van der Waals surface area contributed by atoms with E-state index in [-0.39, 0.29) is 46.5 Å². The third kappa shape index (κ3) is 6.08. The molecule has 0 atom stereocenters. The zero-order chi connectivity index (χ0) is 13.6. The SMILES string of the molecule is [C-]1=CC=CC1.[Cl-].[Cl-].[Ti+4].c1ccc(-c2cc3ccccc3[cH-]2)cc1. The molecule has 0 aliphatic heterocycles. The van der Waals surface area contributed by atoms with Gasteiger partial charge in [0.05, 0.1) is 0 Å². The van der Waals surface area contributed by atoms with Gasteiger partial charge in [-0.25, -0.2) is 12.2 Å². The molecule has 3 aromatic carbocycles. The second kappa shape index (κ2) is 11.4. The Morgan fingerprint density at radius 1 is 0.870 bits per heavy atom. The molecule has 3 heteroatoms. The molecule has 0 radical (unpaired) electrons. The first kappa shape index (κ1) is 21.8. The average Bonchev–Trinajstić information content (AvgIpc) is 3.20. The van der Waals surface area contributed by atoms with Crippen LogP contribution >= 0.6 is 0 Å². The fourth-order valence-corrected chi connectivity index (χ4v) is 2.29. The Hall–Kier alpha value is -1.18. The Morgan fingerprint density at radius 3 is 2.13 bits per heavy atom. The van der Waals surface area contributed by atoms with Gasteiger partial charge >= 0.3 is 21.7 Å². The summed E-state index contributed by atoms with van der Waals surface area (Å²) in [5.41, 5.74) is 2.59. The van der Waals surface area contributed by atoms with Gasteiger partial charge in [0.15, 0.2) is 0 Å². The van der Waals surface area contributed by atoms with Crippen LogP contribution in [-0.4, -0.2) is 0 Å². The number of benzene rings is 2. The number of hydrogen-bond donors (Lipinski definition) is 0. The third-order valence-corrected chi connectivity index (χ3v) is 3.31. The van der Waals surface area contributed by atoms with Gasteiger partial charge in [0.1, 0.15) is 0 Å². The van der Waals surface area contributed by atoms with Crippen molar-refractivity contribution >= 4 is 10.8 Å². The summed E-state index contributed by atoms with van der Waals surface area (Å²) in [5.74, 6) is 0. The van der Waals surface area contributed by atoms with Gasteiger partial charge in [-0.05, 0) is 0 Å². The van der Waals surface area contributed by atoms with E-state index in [0.29, 0.717) is 0 Å². The Bertz CT molecular complexity index is 699. The summed E-state index contributed by atoms with van der Waals surface area (Å²) in [6, 6.07) is 23.4. The van der Waals surface area contributed by atoms with Gasteiger partial charge in [-0.2, -0.15) is 6.08 Å². The quantitative estimate of drug-likeness (QED) is 0.399. The molecule has 4 rings (SSSR count). The van der Waals surface area contributed by atoms with Gasteiger partial charge in [0.25, 0.3) is 0 Å². The summed E-state index contributed by atoms with van der Waals surface area (Å²) in [6.45, 7) is 0. The van der Waals surface area contributed by atoms with Crippen LogP contribution in [0.4, 0.5) is 0 Å². The molecule has 0 bridgehead atoms. The molecule has 0 unspecified atom stereocenters. The molecule has 0 saturated carbocycles. The summed E-state index contributed by atoms with van der Waals surface area (Å²) in [5, 5.41) is 2.63. The zero-order valence-corrected chi connectivity index (χ0v) is 15.6. The molecule has 0 nitrogen and oxygen atoms in total. The Balaban J connectivity index is 0.000000529. The number of fused-ring (bicyclic) bond motifs is 1. The summed E-state index contributed by atoms with van der Waals surface area (Å²) in [7, 11) is 0. The van der Waals surface area contributed by atoms with E-state index >= 15 is 0 Å². The second-order valence-electron chi connectivity index (χ2n) is 4.74. The minimum Gasteiger partial charge on any atom is -1.00 e. The molecule has 3 aromatic rings. The van der Waals surface area contributed by atoms with Crippen LogP contribution in [0, 0.1) is 6.08 Å². The third-order valence-electron chi connectivity index (χ3n) is 3.31. The van der Waals surface area contributed by atoms with Crippen molar-refractivity contribution in [3.63, 3.8) is 0 Å². The van der Waals surface area contributed by atoms with E-state index in [1.165, 1.54) is 21.9 Å². The minimum absolute atomic E-state index is 0. The number of allylic oxidation sites excluding steroid dienone is 4. The fourth-order valence-electron chi connectivity index (χ4n) is 2.29. The molecule has 114 valence electrons. The number of hydrogen-bond acceptors (Lipinski definition) is 0. The molecule has 1 aliphatic rings. The maximum Gasteiger partial charge on any atom is 4.00 e. The van der Waals surface area contributed by atoms with Crippen molar-refractivity contribution in [3.8, 4) is 11.1 Å². The van der Waals surface area contributed by atoms with E-state index in [1.807, 2.05) is 18.2 Å². The second-order valence-corrected chi connectivity index (χ2v) is 4.74. The maximum atomic E-state index is 2.99. The Morgan fingerprint density at radius 2 is 1.57 bits per heavy atom. The van der Waals surface area contributed by atoms with Crippen LogP contribution in [0.1, 0.15) is 6.42 Å². The van der Waals surface area contributed by atoms with Crippen LogP contribution in [0.5, 0.6) is 0 Å². The molecular weight excluding hydrogens is 359 g/mol. The summed E-state index contributed by atoms with van der Waals surface area (Å²) >= 11 is 0. The van der Waals surface area contributed by atoms with Crippen molar-refractivity contribution in [2.75, 3.05) is 0 Å². The topological polar surface area (TPSA) is 0 Å². The number of halogens is 2. The van der Waals surface area contributed by atoms with Gasteiger partial charge in [-0.3, -0.25) is 6.08 Å². The minimum atomic E-state index is 0. The van der Waals surface area contributed by atoms with E-state index < -0.39 is 0 Å². The normalized spacial score (nSPS) is 10.8. The molecule has 23 heavy (non-hydrogen) atoms. The Kier molecular flexibility index (Phi) is 10.8. The summed E-state index contributed by atoms with van der Waals surface area (Å²) in [4.78, 5) is 0. The molecule has 0 N–H and O–H groups in total. The van der Waals surface area contributed by atoms with Gasteiger partial charge in [0.2, 0.25) is 0 Å². The molecule has 0 aromatic heterocycles. The smallest absolute Gasteiger partial charge is 1.00 e.